The third-order valence-corrected chi connectivity index (χ3v) is 5.79. The SMILES string of the molecule is COCC[C@H]1CNC(=O)c2c(Nc3cccc(Cl)c3OC)c(-c3ccncn3)n(C)c21. The minimum atomic E-state index is -0.136. The molecule has 0 fully saturated rings. The van der Waals surface area contributed by atoms with E-state index in [0.717, 1.165) is 17.8 Å². The number of anilines is 2. The lowest BCUT2D eigenvalue weighted by atomic mass is 9.93. The van der Waals surface area contributed by atoms with E-state index < -0.39 is 0 Å². The molecule has 2 N–H and O–H groups in total. The van der Waals surface area contributed by atoms with Crippen molar-refractivity contribution in [3.05, 3.63) is 53.1 Å². The highest BCUT2D eigenvalue weighted by Crippen LogP contribution is 2.44. The third kappa shape index (κ3) is 3.84. The van der Waals surface area contributed by atoms with Crippen molar-refractivity contribution >= 4 is 28.9 Å². The van der Waals surface area contributed by atoms with Gasteiger partial charge in [0.15, 0.2) is 5.75 Å². The van der Waals surface area contributed by atoms with Crippen LogP contribution in [0.3, 0.4) is 0 Å². The van der Waals surface area contributed by atoms with Gasteiger partial charge in [0.05, 0.1) is 40.5 Å². The molecule has 3 aromatic rings. The van der Waals surface area contributed by atoms with Gasteiger partial charge in [-0.05, 0) is 24.6 Å². The Morgan fingerprint density at radius 3 is 2.87 bits per heavy atom. The van der Waals surface area contributed by atoms with E-state index in [2.05, 4.69) is 20.6 Å². The normalized spacial score (nSPS) is 15.4. The first-order valence-electron chi connectivity index (χ1n) is 9.92. The topological polar surface area (TPSA) is 90.3 Å². The van der Waals surface area contributed by atoms with Crippen LogP contribution in [-0.4, -0.2) is 47.8 Å². The number of carbonyl (C=O) groups excluding carboxylic acids is 1. The van der Waals surface area contributed by atoms with Gasteiger partial charge in [0.1, 0.15) is 6.33 Å². The van der Waals surface area contributed by atoms with Gasteiger partial charge in [-0.1, -0.05) is 17.7 Å². The molecule has 0 spiro atoms. The third-order valence-electron chi connectivity index (χ3n) is 5.49. The fraction of sp³-hybridized carbons (Fsp3) is 0.318. The van der Waals surface area contributed by atoms with Crippen LogP contribution in [0.5, 0.6) is 5.75 Å². The molecule has 0 unspecified atom stereocenters. The Bertz CT molecular complexity index is 1100. The summed E-state index contributed by atoms with van der Waals surface area (Å²) in [6.07, 6.45) is 3.96. The Balaban J connectivity index is 1.93. The second kappa shape index (κ2) is 8.95. The van der Waals surface area contributed by atoms with E-state index in [1.165, 1.54) is 6.33 Å². The molecule has 0 radical (unpaired) electrons. The molecule has 31 heavy (non-hydrogen) atoms. The van der Waals surface area contributed by atoms with Gasteiger partial charge in [0.25, 0.3) is 5.91 Å². The van der Waals surface area contributed by atoms with Gasteiger partial charge in [-0.15, -0.1) is 0 Å². The molecule has 0 saturated carbocycles. The molecule has 2 aromatic heterocycles. The predicted molar refractivity (Wildman–Crippen MR) is 119 cm³/mol. The zero-order valence-electron chi connectivity index (χ0n) is 17.6. The van der Waals surface area contributed by atoms with Gasteiger partial charge < -0.3 is 24.7 Å². The Labute approximate surface area is 185 Å². The Morgan fingerprint density at radius 2 is 2.16 bits per heavy atom. The maximum Gasteiger partial charge on any atom is 0.255 e. The largest absolute Gasteiger partial charge is 0.493 e. The summed E-state index contributed by atoms with van der Waals surface area (Å²) in [5, 5.41) is 6.90. The number of ether oxygens (including phenoxy) is 2. The summed E-state index contributed by atoms with van der Waals surface area (Å²) in [5.41, 5.74) is 4.33. The van der Waals surface area contributed by atoms with Gasteiger partial charge in [0.2, 0.25) is 0 Å². The highest BCUT2D eigenvalue weighted by atomic mass is 35.5. The number of fused-ring (bicyclic) bond motifs is 1. The van der Waals surface area contributed by atoms with Crippen molar-refractivity contribution in [3.63, 3.8) is 0 Å². The maximum absolute atomic E-state index is 13.0. The number of nitrogens with one attached hydrogen (secondary N) is 2. The molecule has 3 heterocycles. The van der Waals surface area contributed by atoms with Crippen LogP contribution in [0.2, 0.25) is 5.02 Å². The summed E-state index contributed by atoms with van der Waals surface area (Å²) in [4.78, 5) is 21.5. The number of para-hydroxylation sites is 1. The molecule has 1 aromatic carbocycles. The molecule has 8 nitrogen and oxygen atoms in total. The number of hydrogen-bond acceptors (Lipinski definition) is 6. The van der Waals surface area contributed by atoms with E-state index in [9.17, 15) is 4.79 Å². The summed E-state index contributed by atoms with van der Waals surface area (Å²) in [5.74, 6) is 0.473. The summed E-state index contributed by atoms with van der Waals surface area (Å²) in [6.45, 7) is 1.15. The Morgan fingerprint density at radius 1 is 1.32 bits per heavy atom. The van der Waals surface area contributed by atoms with Crippen LogP contribution < -0.4 is 15.4 Å². The van der Waals surface area contributed by atoms with E-state index in [1.54, 1.807) is 26.5 Å². The fourth-order valence-corrected chi connectivity index (χ4v) is 4.36. The first-order chi connectivity index (χ1) is 15.1. The number of hydrogen-bond donors (Lipinski definition) is 2. The summed E-state index contributed by atoms with van der Waals surface area (Å²) >= 11 is 6.33. The Kier molecular flexibility index (Phi) is 6.11. The first kappa shape index (κ1) is 21.1. The van der Waals surface area contributed by atoms with E-state index >= 15 is 0 Å². The van der Waals surface area contributed by atoms with Crippen LogP contribution in [0.25, 0.3) is 11.4 Å². The van der Waals surface area contributed by atoms with Crippen molar-refractivity contribution in [1.29, 1.82) is 0 Å². The number of aromatic nitrogens is 3. The van der Waals surface area contributed by atoms with Gasteiger partial charge in [-0.2, -0.15) is 0 Å². The molecule has 1 aliphatic rings. The molecular weight excluding hydrogens is 418 g/mol. The molecular formula is C22H24ClN5O3. The van der Waals surface area contributed by atoms with Gasteiger partial charge in [-0.3, -0.25) is 4.79 Å². The van der Waals surface area contributed by atoms with Crippen LogP contribution in [0.15, 0.2) is 36.8 Å². The highest BCUT2D eigenvalue weighted by molar-refractivity contribution is 6.32. The zero-order valence-corrected chi connectivity index (χ0v) is 18.4. The lowest BCUT2D eigenvalue weighted by molar-refractivity contribution is 0.0934. The molecule has 1 amide bonds. The zero-order chi connectivity index (χ0) is 22.0. The van der Waals surface area contributed by atoms with Crippen LogP contribution in [-0.2, 0) is 11.8 Å². The highest BCUT2D eigenvalue weighted by Gasteiger charge is 2.35. The van der Waals surface area contributed by atoms with Crippen molar-refractivity contribution in [3.8, 4) is 17.1 Å². The van der Waals surface area contributed by atoms with Crippen molar-refractivity contribution in [2.45, 2.75) is 12.3 Å². The Hall–Kier alpha value is -3.10. The number of rotatable bonds is 7. The smallest absolute Gasteiger partial charge is 0.255 e. The summed E-state index contributed by atoms with van der Waals surface area (Å²) in [6, 6.07) is 7.26. The van der Waals surface area contributed by atoms with Crippen molar-refractivity contribution in [1.82, 2.24) is 19.9 Å². The number of halogens is 1. The molecule has 1 atom stereocenters. The summed E-state index contributed by atoms with van der Waals surface area (Å²) in [7, 11) is 5.19. The number of nitrogens with zero attached hydrogens (tertiary/aromatic N) is 3. The molecule has 0 aliphatic carbocycles. The van der Waals surface area contributed by atoms with E-state index in [1.807, 2.05) is 29.8 Å². The van der Waals surface area contributed by atoms with E-state index in [-0.39, 0.29) is 11.8 Å². The van der Waals surface area contributed by atoms with Crippen molar-refractivity contribution in [2.75, 3.05) is 32.7 Å². The molecule has 1 aliphatic heterocycles. The lowest BCUT2D eigenvalue weighted by Crippen LogP contribution is -2.36. The van der Waals surface area contributed by atoms with Crippen molar-refractivity contribution < 1.29 is 14.3 Å². The number of methoxy groups -OCH3 is 2. The van der Waals surface area contributed by atoms with Gasteiger partial charge >= 0.3 is 0 Å². The lowest BCUT2D eigenvalue weighted by Gasteiger charge is -2.25. The second-order valence-corrected chi connectivity index (χ2v) is 7.68. The predicted octanol–water partition coefficient (Wildman–Crippen LogP) is 3.75. The standard InChI is InChI=1S/C22H24ClN5O3/c1-28-19-13(8-10-30-2)11-25-22(29)17(19)18(20(28)15-7-9-24-12-26-15)27-16-6-4-5-14(23)21(16)31-3/h4-7,9,12-13,27H,8,10-11H2,1-3H3,(H,25,29)/t13-/m0/s1. The number of amides is 1. The number of benzene rings is 1. The van der Waals surface area contributed by atoms with E-state index in [0.29, 0.717) is 46.6 Å². The second-order valence-electron chi connectivity index (χ2n) is 7.27. The quantitative estimate of drug-likeness (QED) is 0.580. The van der Waals surface area contributed by atoms with Gasteiger partial charge in [-0.25, -0.2) is 9.97 Å². The minimum absolute atomic E-state index is 0.107. The van der Waals surface area contributed by atoms with Crippen LogP contribution >= 0.6 is 11.6 Å². The monoisotopic (exact) mass is 441 g/mol. The fourth-order valence-electron chi connectivity index (χ4n) is 4.11. The maximum atomic E-state index is 13.0. The van der Waals surface area contributed by atoms with Crippen LogP contribution in [0.1, 0.15) is 28.4 Å². The average Bonchev–Trinajstić information content (AvgIpc) is 3.07. The molecule has 0 saturated heterocycles. The summed E-state index contributed by atoms with van der Waals surface area (Å²) < 4.78 is 12.8. The van der Waals surface area contributed by atoms with Gasteiger partial charge in [0, 0.05) is 45.1 Å². The molecule has 4 rings (SSSR count). The molecule has 9 heteroatoms. The van der Waals surface area contributed by atoms with Crippen molar-refractivity contribution in [2.24, 2.45) is 7.05 Å². The van der Waals surface area contributed by atoms with Crippen LogP contribution in [0.4, 0.5) is 11.4 Å². The minimum Gasteiger partial charge on any atom is -0.493 e. The first-order valence-corrected chi connectivity index (χ1v) is 10.3. The van der Waals surface area contributed by atoms with E-state index in [4.69, 9.17) is 21.1 Å². The number of carbonyl (C=O) groups is 1. The van der Waals surface area contributed by atoms with Crippen LogP contribution in [0, 0.1) is 0 Å². The molecule has 0 bridgehead atoms. The molecule has 162 valence electrons. The average molecular weight is 442 g/mol.